The van der Waals surface area contributed by atoms with E-state index in [1.807, 2.05) is 11.8 Å². The molecular weight excluding hydrogens is 172 g/mol. The smallest absolute Gasteiger partial charge is 0.0683 e. The van der Waals surface area contributed by atoms with E-state index in [-0.39, 0.29) is 0 Å². The molecule has 3 nitrogen and oxygen atoms in total. The molecular formula is C8H14N2OS. The van der Waals surface area contributed by atoms with Crippen LogP contribution in [0.15, 0.2) is 5.16 Å². The first-order valence-corrected chi connectivity index (χ1v) is 5.38. The largest absolute Gasteiger partial charge is 0.411 e. The average Bonchev–Trinajstić information content (AvgIpc) is 2.50. The molecule has 0 atom stereocenters. The summed E-state index contributed by atoms with van der Waals surface area (Å²) in [6.45, 7) is 2.23. The Morgan fingerprint density at radius 1 is 1.42 bits per heavy atom. The molecule has 2 rings (SSSR count). The number of nitrogens with one attached hydrogen (secondary N) is 1. The van der Waals surface area contributed by atoms with Gasteiger partial charge in [0.15, 0.2) is 0 Å². The number of hydrogen-bond acceptors (Lipinski definition) is 4. The van der Waals surface area contributed by atoms with E-state index in [9.17, 15) is 0 Å². The Hall–Kier alpha value is -0.220. The summed E-state index contributed by atoms with van der Waals surface area (Å²) in [6, 6.07) is 0. The number of piperidine rings is 1. The summed E-state index contributed by atoms with van der Waals surface area (Å²) in [7, 11) is 0. The molecule has 0 radical (unpaired) electrons. The fourth-order valence-electron chi connectivity index (χ4n) is 1.98. The lowest BCUT2D eigenvalue weighted by Crippen LogP contribution is -2.38. The normalized spacial score (nSPS) is 31.5. The zero-order chi connectivity index (χ0) is 8.44. The van der Waals surface area contributed by atoms with Gasteiger partial charge in [-0.25, -0.2) is 0 Å². The summed E-state index contributed by atoms with van der Waals surface area (Å²) in [6.07, 6.45) is 3.43. The standard InChI is InChI=1S/C8H14N2OS/c11-10-7-5-8(12-6-7)1-3-9-4-2-8/h9,11H,1-6H2. The van der Waals surface area contributed by atoms with Gasteiger partial charge in [-0.05, 0) is 25.9 Å². The molecule has 12 heavy (non-hydrogen) atoms. The Labute approximate surface area is 76.6 Å². The van der Waals surface area contributed by atoms with Gasteiger partial charge in [0.05, 0.1) is 5.71 Å². The van der Waals surface area contributed by atoms with Gasteiger partial charge < -0.3 is 10.5 Å². The van der Waals surface area contributed by atoms with Crippen LogP contribution in [0.25, 0.3) is 0 Å². The lowest BCUT2D eigenvalue weighted by molar-refractivity contribution is 0.316. The van der Waals surface area contributed by atoms with Crippen molar-refractivity contribution in [3.8, 4) is 0 Å². The molecule has 4 heteroatoms. The molecule has 0 aromatic rings. The Morgan fingerprint density at radius 3 is 2.75 bits per heavy atom. The summed E-state index contributed by atoms with van der Waals surface area (Å²) in [4.78, 5) is 0. The highest BCUT2D eigenvalue weighted by Crippen LogP contribution is 2.43. The number of oxime groups is 1. The minimum atomic E-state index is 0.410. The van der Waals surface area contributed by atoms with Crippen molar-refractivity contribution in [3.63, 3.8) is 0 Å². The van der Waals surface area contributed by atoms with Crippen molar-refractivity contribution < 1.29 is 5.21 Å². The summed E-state index contributed by atoms with van der Waals surface area (Å²) < 4.78 is 0.410. The van der Waals surface area contributed by atoms with Crippen LogP contribution >= 0.6 is 11.8 Å². The van der Waals surface area contributed by atoms with Gasteiger partial charge in [0.25, 0.3) is 0 Å². The Kier molecular flexibility index (Phi) is 2.28. The molecule has 2 aliphatic rings. The number of thioether (sulfide) groups is 1. The molecule has 2 saturated heterocycles. The molecule has 2 N–H and O–H groups in total. The van der Waals surface area contributed by atoms with E-state index in [4.69, 9.17) is 5.21 Å². The van der Waals surface area contributed by atoms with Crippen molar-refractivity contribution in [2.75, 3.05) is 18.8 Å². The van der Waals surface area contributed by atoms with Crippen LogP contribution in [0.1, 0.15) is 19.3 Å². The van der Waals surface area contributed by atoms with Gasteiger partial charge in [-0.2, -0.15) is 0 Å². The molecule has 0 aromatic heterocycles. The first kappa shape index (κ1) is 8.38. The van der Waals surface area contributed by atoms with Gasteiger partial charge in [0, 0.05) is 16.9 Å². The van der Waals surface area contributed by atoms with Crippen LogP contribution in [-0.2, 0) is 0 Å². The zero-order valence-electron chi connectivity index (χ0n) is 7.05. The maximum atomic E-state index is 8.64. The van der Waals surface area contributed by atoms with Gasteiger partial charge in [-0.1, -0.05) is 5.16 Å². The quantitative estimate of drug-likeness (QED) is 0.439. The molecule has 0 unspecified atom stereocenters. The molecule has 1 spiro atoms. The van der Waals surface area contributed by atoms with Crippen LogP contribution in [0, 0.1) is 0 Å². The van der Waals surface area contributed by atoms with Crippen LogP contribution in [0.2, 0.25) is 0 Å². The fourth-order valence-corrected chi connectivity index (χ4v) is 3.37. The molecule has 68 valence electrons. The van der Waals surface area contributed by atoms with E-state index >= 15 is 0 Å². The fraction of sp³-hybridized carbons (Fsp3) is 0.875. The molecule has 0 saturated carbocycles. The van der Waals surface area contributed by atoms with E-state index < -0.39 is 0 Å². The number of nitrogens with zero attached hydrogens (tertiary/aromatic N) is 1. The van der Waals surface area contributed by atoms with E-state index in [2.05, 4.69) is 10.5 Å². The lowest BCUT2D eigenvalue weighted by atomic mass is 9.92. The lowest BCUT2D eigenvalue weighted by Gasteiger charge is -2.32. The highest BCUT2D eigenvalue weighted by Gasteiger charge is 2.38. The molecule has 0 amide bonds. The highest BCUT2D eigenvalue weighted by atomic mass is 32.2. The maximum absolute atomic E-state index is 8.64. The van der Waals surface area contributed by atoms with Crippen LogP contribution in [0.5, 0.6) is 0 Å². The second-order valence-electron chi connectivity index (χ2n) is 3.56. The SMILES string of the molecule is ON=C1CSC2(CCNCC2)C1. The van der Waals surface area contributed by atoms with E-state index in [0.717, 1.165) is 31.0 Å². The minimum Gasteiger partial charge on any atom is -0.411 e. The minimum absolute atomic E-state index is 0.410. The Morgan fingerprint density at radius 2 is 2.17 bits per heavy atom. The average molecular weight is 186 g/mol. The number of rotatable bonds is 0. The summed E-state index contributed by atoms with van der Waals surface area (Å²) >= 11 is 1.97. The van der Waals surface area contributed by atoms with E-state index in [1.165, 1.54) is 12.8 Å². The predicted octanol–water partition coefficient (Wildman–Crippen LogP) is 1.08. The van der Waals surface area contributed by atoms with Crippen LogP contribution in [0.3, 0.4) is 0 Å². The molecule has 0 aliphatic carbocycles. The summed E-state index contributed by atoms with van der Waals surface area (Å²) in [5.74, 6) is 0.927. The third-order valence-corrected chi connectivity index (χ3v) is 4.37. The summed E-state index contributed by atoms with van der Waals surface area (Å²) in [5.41, 5.74) is 0.974. The number of hydrogen-bond donors (Lipinski definition) is 2. The summed E-state index contributed by atoms with van der Waals surface area (Å²) in [5, 5.41) is 15.3. The third-order valence-electron chi connectivity index (χ3n) is 2.73. The van der Waals surface area contributed by atoms with E-state index in [0.29, 0.717) is 4.75 Å². The van der Waals surface area contributed by atoms with Crippen molar-refractivity contribution in [3.05, 3.63) is 0 Å². The van der Waals surface area contributed by atoms with Gasteiger partial charge in [0.2, 0.25) is 0 Å². The van der Waals surface area contributed by atoms with E-state index in [1.54, 1.807) is 0 Å². The topological polar surface area (TPSA) is 44.6 Å². The van der Waals surface area contributed by atoms with Crippen molar-refractivity contribution in [2.45, 2.75) is 24.0 Å². The second kappa shape index (κ2) is 3.26. The monoisotopic (exact) mass is 186 g/mol. The predicted molar refractivity (Wildman–Crippen MR) is 51.1 cm³/mol. The molecule has 2 fully saturated rings. The first-order chi connectivity index (χ1) is 5.85. The second-order valence-corrected chi connectivity index (χ2v) is 5.01. The zero-order valence-corrected chi connectivity index (χ0v) is 7.86. The van der Waals surface area contributed by atoms with Gasteiger partial charge in [-0.15, -0.1) is 11.8 Å². The Balaban J connectivity index is 2.03. The molecule has 2 aliphatic heterocycles. The van der Waals surface area contributed by atoms with Crippen molar-refractivity contribution >= 4 is 17.5 Å². The van der Waals surface area contributed by atoms with Gasteiger partial charge in [0.1, 0.15) is 0 Å². The third kappa shape index (κ3) is 1.45. The maximum Gasteiger partial charge on any atom is 0.0683 e. The van der Waals surface area contributed by atoms with Crippen LogP contribution in [0.4, 0.5) is 0 Å². The first-order valence-electron chi connectivity index (χ1n) is 4.39. The Bertz CT molecular complexity index is 199. The van der Waals surface area contributed by atoms with Gasteiger partial charge in [-0.3, -0.25) is 0 Å². The molecule has 2 heterocycles. The van der Waals surface area contributed by atoms with Crippen molar-refractivity contribution in [2.24, 2.45) is 5.16 Å². The molecule has 0 bridgehead atoms. The van der Waals surface area contributed by atoms with Crippen molar-refractivity contribution in [1.82, 2.24) is 5.32 Å². The van der Waals surface area contributed by atoms with Gasteiger partial charge >= 0.3 is 0 Å². The van der Waals surface area contributed by atoms with Crippen LogP contribution in [-0.4, -0.2) is 34.5 Å². The van der Waals surface area contributed by atoms with Crippen molar-refractivity contribution in [1.29, 1.82) is 0 Å². The van der Waals surface area contributed by atoms with Crippen LogP contribution < -0.4 is 5.32 Å². The highest BCUT2D eigenvalue weighted by molar-refractivity contribution is 8.01. The molecule has 0 aromatic carbocycles.